The van der Waals surface area contributed by atoms with E-state index in [1.54, 1.807) is 16.0 Å². The van der Waals surface area contributed by atoms with Gasteiger partial charge in [-0.05, 0) is 48.6 Å². The number of benzene rings is 1. The topological polar surface area (TPSA) is 36.7 Å². The zero-order valence-electron chi connectivity index (χ0n) is 18.5. The summed E-state index contributed by atoms with van der Waals surface area (Å²) in [5, 5.41) is 7.86. The van der Waals surface area contributed by atoms with Crippen LogP contribution in [0.2, 0.25) is 0 Å². The maximum atomic E-state index is 14.1. The van der Waals surface area contributed by atoms with E-state index in [2.05, 4.69) is 10.2 Å². The van der Waals surface area contributed by atoms with E-state index in [0.29, 0.717) is 37.3 Å². The highest BCUT2D eigenvalue weighted by Gasteiger charge is 2.40. The Kier molecular flexibility index (Phi) is 5.89. The summed E-state index contributed by atoms with van der Waals surface area (Å²) in [6, 6.07) is 3.81. The van der Waals surface area contributed by atoms with Crippen LogP contribution in [0.1, 0.15) is 35.4 Å². The molecule has 1 aromatic carbocycles. The Labute approximate surface area is 196 Å². The largest absolute Gasteiger partial charge is 0.422 e. The predicted molar refractivity (Wildman–Crippen MR) is 113 cm³/mol. The average molecular weight is 501 g/mol. The van der Waals surface area contributed by atoms with Crippen molar-refractivity contribution in [1.29, 1.82) is 0 Å². The van der Waals surface area contributed by atoms with Crippen molar-refractivity contribution in [3.05, 3.63) is 58.8 Å². The smallest absolute Gasteiger partial charge is 0.368 e. The molecule has 0 radical (unpaired) electrons. The number of hydrogen-bond acceptors (Lipinski definition) is 4. The van der Waals surface area contributed by atoms with Crippen molar-refractivity contribution in [2.24, 2.45) is 5.92 Å². The van der Waals surface area contributed by atoms with Crippen LogP contribution in [-0.2, 0) is 25.3 Å². The Morgan fingerprint density at radius 3 is 2.23 bits per heavy atom. The molecule has 1 aliphatic carbocycles. The molecule has 1 aliphatic heterocycles. The van der Waals surface area contributed by atoms with Crippen molar-refractivity contribution in [2.45, 2.75) is 38.2 Å². The van der Waals surface area contributed by atoms with Crippen molar-refractivity contribution >= 4 is 11.3 Å². The van der Waals surface area contributed by atoms with Crippen LogP contribution in [0.5, 0.6) is 0 Å². The summed E-state index contributed by atoms with van der Waals surface area (Å²) < 4.78 is 96.4. The molecule has 5 nitrogen and oxygen atoms in total. The van der Waals surface area contributed by atoms with E-state index in [9.17, 15) is 30.7 Å². The lowest BCUT2D eigenvalue weighted by Gasteiger charge is -2.37. The highest BCUT2D eigenvalue weighted by Crippen LogP contribution is 2.40. The molecular formula is C23H22F7N5. The zero-order valence-corrected chi connectivity index (χ0v) is 18.5. The molecule has 188 valence electrons. The van der Waals surface area contributed by atoms with Crippen molar-refractivity contribution in [3.63, 3.8) is 0 Å². The van der Waals surface area contributed by atoms with Gasteiger partial charge in [-0.1, -0.05) is 0 Å². The van der Waals surface area contributed by atoms with Crippen molar-refractivity contribution in [1.82, 2.24) is 19.5 Å². The quantitative estimate of drug-likeness (QED) is 0.452. The fourth-order valence-electron chi connectivity index (χ4n) is 4.56. The number of halogens is 7. The third-order valence-electron chi connectivity index (χ3n) is 6.48. The molecule has 35 heavy (non-hydrogen) atoms. The first-order valence-corrected chi connectivity index (χ1v) is 11.3. The Morgan fingerprint density at radius 1 is 0.886 bits per heavy atom. The van der Waals surface area contributed by atoms with Gasteiger partial charge in [-0.2, -0.15) is 26.3 Å². The molecule has 2 aromatic heterocycles. The van der Waals surface area contributed by atoms with E-state index in [4.69, 9.17) is 0 Å². The Balaban J connectivity index is 1.34. The average Bonchev–Trinajstić information content (AvgIpc) is 3.50. The van der Waals surface area contributed by atoms with Crippen LogP contribution in [0.25, 0.3) is 5.65 Å². The van der Waals surface area contributed by atoms with Crippen LogP contribution in [-0.4, -0.2) is 45.7 Å². The molecule has 1 saturated carbocycles. The van der Waals surface area contributed by atoms with E-state index < -0.39 is 29.3 Å². The van der Waals surface area contributed by atoms with Crippen molar-refractivity contribution in [3.8, 4) is 0 Å². The summed E-state index contributed by atoms with van der Waals surface area (Å²) >= 11 is 0. The molecule has 3 heterocycles. The van der Waals surface area contributed by atoms with Crippen LogP contribution in [0.3, 0.4) is 0 Å². The third kappa shape index (κ3) is 5.07. The molecule has 0 atom stereocenters. The molecule has 3 aromatic rings. The van der Waals surface area contributed by atoms with Gasteiger partial charge in [0.25, 0.3) is 0 Å². The molecule has 0 amide bonds. The lowest BCUT2D eigenvalue weighted by Crippen LogP contribution is -2.46. The number of aromatic nitrogens is 3. The second kappa shape index (κ2) is 8.65. The minimum absolute atomic E-state index is 0.000125. The Bertz CT molecular complexity index is 1220. The first-order valence-electron chi connectivity index (χ1n) is 11.3. The number of hydrogen-bond donors (Lipinski definition) is 0. The summed E-state index contributed by atoms with van der Waals surface area (Å²) in [5.41, 5.74) is -1.98. The van der Waals surface area contributed by atoms with E-state index in [1.807, 2.05) is 0 Å². The lowest BCUT2D eigenvalue weighted by atomic mass is 10.1. The molecule has 2 aliphatic rings. The van der Waals surface area contributed by atoms with Gasteiger partial charge in [0, 0.05) is 45.3 Å². The van der Waals surface area contributed by atoms with Crippen LogP contribution < -0.4 is 4.90 Å². The van der Waals surface area contributed by atoms with Crippen molar-refractivity contribution in [2.75, 3.05) is 31.1 Å². The fraction of sp³-hybridized carbons (Fsp3) is 0.478. The molecule has 0 unspecified atom stereocenters. The first-order chi connectivity index (χ1) is 16.5. The van der Waals surface area contributed by atoms with Crippen molar-refractivity contribution < 1.29 is 30.7 Å². The van der Waals surface area contributed by atoms with Crippen LogP contribution in [0.15, 0.2) is 30.5 Å². The normalized spacial score (nSPS) is 18.0. The number of nitrogens with zero attached hydrogens (tertiary/aromatic N) is 5. The Morgan fingerprint density at radius 2 is 1.60 bits per heavy atom. The molecule has 0 bridgehead atoms. The van der Waals surface area contributed by atoms with Gasteiger partial charge in [-0.3, -0.25) is 9.30 Å². The van der Waals surface area contributed by atoms with E-state index >= 15 is 0 Å². The summed E-state index contributed by atoms with van der Waals surface area (Å²) in [4.78, 5) is 3.39. The standard InChI is InChI=1S/C23H22F7N5/c24-17-10-15(9-16(12-17)22(25,26)27)13-33-5-7-34(8-6-33)18-3-4-35-19(11-14-1-2-14)31-32-21(35)20(18)23(28,29)30/h3-4,9-10,12,14H,1-2,5-8,11,13H2. The van der Waals surface area contributed by atoms with Gasteiger partial charge in [0.2, 0.25) is 0 Å². The van der Waals surface area contributed by atoms with E-state index in [1.165, 1.54) is 10.5 Å². The number of rotatable bonds is 5. The minimum atomic E-state index is -4.66. The highest BCUT2D eigenvalue weighted by atomic mass is 19.4. The zero-order chi connectivity index (χ0) is 25.0. The maximum absolute atomic E-state index is 14.1. The van der Waals surface area contributed by atoms with Gasteiger partial charge < -0.3 is 4.90 Å². The van der Waals surface area contributed by atoms with Crippen LogP contribution in [0.4, 0.5) is 36.4 Å². The number of fused-ring (bicyclic) bond motifs is 1. The molecular weight excluding hydrogens is 479 g/mol. The van der Waals surface area contributed by atoms with E-state index in [-0.39, 0.29) is 36.5 Å². The molecule has 1 saturated heterocycles. The number of alkyl halides is 6. The van der Waals surface area contributed by atoms with Gasteiger partial charge >= 0.3 is 12.4 Å². The van der Waals surface area contributed by atoms with Crippen LogP contribution in [0, 0.1) is 11.7 Å². The second-order valence-electron chi connectivity index (χ2n) is 9.14. The monoisotopic (exact) mass is 501 g/mol. The Hall–Kier alpha value is -2.89. The highest BCUT2D eigenvalue weighted by molar-refractivity contribution is 5.67. The molecule has 0 N–H and O–H groups in total. The van der Waals surface area contributed by atoms with Gasteiger partial charge in [0.05, 0.1) is 11.3 Å². The number of anilines is 1. The molecule has 12 heteroatoms. The van der Waals surface area contributed by atoms with Gasteiger partial charge in [-0.15, -0.1) is 10.2 Å². The summed E-state index contributed by atoms with van der Waals surface area (Å²) in [7, 11) is 0. The second-order valence-corrected chi connectivity index (χ2v) is 9.14. The maximum Gasteiger partial charge on any atom is 0.422 e. The number of pyridine rings is 1. The summed E-state index contributed by atoms with van der Waals surface area (Å²) in [6.45, 7) is 1.13. The predicted octanol–water partition coefficient (Wildman–Crippen LogP) is 5.18. The van der Waals surface area contributed by atoms with Gasteiger partial charge in [-0.25, -0.2) is 4.39 Å². The SMILES string of the molecule is Fc1cc(CN2CCN(c3ccn4c(CC5CC5)nnc4c3C(F)(F)F)CC2)cc(C(F)(F)F)c1. The van der Waals surface area contributed by atoms with Gasteiger partial charge in [0.1, 0.15) is 17.2 Å². The van der Waals surface area contributed by atoms with Crippen LogP contribution >= 0.6 is 0 Å². The minimum Gasteiger partial charge on any atom is -0.368 e. The van der Waals surface area contributed by atoms with E-state index in [0.717, 1.165) is 25.0 Å². The lowest BCUT2D eigenvalue weighted by molar-refractivity contribution is -0.138. The molecule has 5 rings (SSSR count). The first kappa shape index (κ1) is 23.8. The third-order valence-corrected chi connectivity index (χ3v) is 6.48. The fourth-order valence-corrected chi connectivity index (χ4v) is 4.56. The summed E-state index contributed by atoms with van der Waals surface area (Å²) in [6.07, 6.45) is -5.08. The molecule has 0 spiro atoms. The molecule has 2 fully saturated rings. The summed E-state index contributed by atoms with van der Waals surface area (Å²) in [5.74, 6) is -0.0292. The number of piperazine rings is 1. The van der Waals surface area contributed by atoms with Gasteiger partial charge in [0.15, 0.2) is 5.65 Å².